The predicted octanol–water partition coefficient (Wildman–Crippen LogP) is 1.35. The van der Waals surface area contributed by atoms with Crippen molar-refractivity contribution in [1.29, 1.82) is 0 Å². The summed E-state index contributed by atoms with van der Waals surface area (Å²) in [5.74, 6) is 0. The molecule has 1 heterocycles. The highest BCUT2D eigenvalue weighted by molar-refractivity contribution is 5.52. The summed E-state index contributed by atoms with van der Waals surface area (Å²) >= 11 is 0. The van der Waals surface area contributed by atoms with E-state index in [4.69, 9.17) is 0 Å². The van der Waals surface area contributed by atoms with Gasteiger partial charge in [0.2, 0.25) is 0 Å². The summed E-state index contributed by atoms with van der Waals surface area (Å²) in [6, 6.07) is 8.97. The van der Waals surface area contributed by atoms with Gasteiger partial charge < -0.3 is 16.0 Å². The summed E-state index contributed by atoms with van der Waals surface area (Å²) in [7, 11) is 0. The zero-order valence-electron chi connectivity index (χ0n) is 9.22. The van der Waals surface area contributed by atoms with Crippen molar-refractivity contribution in [3.63, 3.8) is 0 Å². The number of benzene rings is 1. The number of anilines is 1. The van der Waals surface area contributed by atoms with E-state index in [-0.39, 0.29) is 0 Å². The molecule has 1 fully saturated rings. The van der Waals surface area contributed by atoms with Crippen LogP contribution in [0.15, 0.2) is 24.3 Å². The SMILES string of the molecule is CCNc1ccccc1C1CNCCN1. The molecule has 82 valence electrons. The molecular weight excluding hydrogens is 186 g/mol. The van der Waals surface area contributed by atoms with E-state index >= 15 is 0 Å². The van der Waals surface area contributed by atoms with Crippen LogP contribution in [0.2, 0.25) is 0 Å². The zero-order valence-corrected chi connectivity index (χ0v) is 9.22. The highest BCUT2D eigenvalue weighted by Crippen LogP contribution is 2.22. The third-order valence-corrected chi connectivity index (χ3v) is 2.74. The standard InChI is InChI=1S/C12H19N3/c1-2-14-11-6-4-3-5-10(11)12-9-13-7-8-15-12/h3-6,12-15H,2,7-9H2,1H3. The Kier molecular flexibility index (Phi) is 3.59. The first-order valence-corrected chi connectivity index (χ1v) is 5.68. The minimum atomic E-state index is 0.439. The molecule has 1 saturated heterocycles. The molecule has 0 bridgehead atoms. The highest BCUT2D eigenvalue weighted by Gasteiger charge is 2.16. The van der Waals surface area contributed by atoms with E-state index in [0.717, 1.165) is 26.2 Å². The quantitative estimate of drug-likeness (QED) is 0.697. The van der Waals surface area contributed by atoms with Crippen molar-refractivity contribution in [2.24, 2.45) is 0 Å². The first-order chi connectivity index (χ1) is 7.42. The van der Waals surface area contributed by atoms with E-state index in [0.29, 0.717) is 6.04 Å². The van der Waals surface area contributed by atoms with Crippen molar-refractivity contribution in [3.05, 3.63) is 29.8 Å². The zero-order chi connectivity index (χ0) is 10.5. The van der Waals surface area contributed by atoms with Gasteiger partial charge in [0, 0.05) is 37.9 Å². The Labute approximate surface area is 91.3 Å². The normalized spacial score (nSPS) is 21.3. The Morgan fingerprint density at radius 3 is 2.93 bits per heavy atom. The van der Waals surface area contributed by atoms with Crippen LogP contribution in [-0.4, -0.2) is 26.2 Å². The second-order valence-corrected chi connectivity index (χ2v) is 3.83. The molecule has 0 amide bonds. The van der Waals surface area contributed by atoms with E-state index in [1.54, 1.807) is 0 Å². The summed E-state index contributed by atoms with van der Waals surface area (Å²) in [5.41, 5.74) is 2.62. The molecule has 0 radical (unpaired) electrons. The Balaban J connectivity index is 2.17. The first kappa shape index (κ1) is 10.5. The van der Waals surface area contributed by atoms with Gasteiger partial charge in [-0.1, -0.05) is 18.2 Å². The van der Waals surface area contributed by atoms with Crippen molar-refractivity contribution in [3.8, 4) is 0 Å². The van der Waals surface area contributed by atoms with Crippen molar-refractivity contribution in [1.82, 2.24) is 10.6 Å². The van der Waals surface area contributed by atoms with Crippen molar-refractivity contribution < 1.29 is 0 Å². The predicted molar refractivity (Wildman–Crippen MR) is 64.2 cm³/mol. The molecule has 3 heteroatoms. The van der Waals surface area contributed by atoms with Gasteiger partial charge in [0.15, 0.2) is 0 Å². The summed E-state index contributed by atoms with van der Waals surface area (Å²) in [6.07, 6.45) is 0. The minimum Gasteiger partial charge on any atom is -0.385 e. The largest absolute Gasteiger partial charge is 0.385 e. The maximum atomic E-state index is 3.53. The van der Waals surface area contributed by atoms with Gasteiger partial charge in [0.25, 0.3) is 0 Å². The Morgan fingerprint density at radius 2 is 2.20 bits per heavy atom. The van der Waals surface area contributed by atoms with Gasteiger partial charge in [-0.05, 0) is 18.6 Å². The molecule has 1 aliphatic heterocycles. The summed E-state index contributed by atoms with van der Waals surface area (Å²) in [6.45, 7) is 6.23. The van der Waals surface area contributed by atoms with Crippen LogP contribution < -0.4 is 16.0 Å². The average Bonchev–Trinajstić information content (AvgIpc) is 2.31. The van der Waals surface area contributed by atoms with Crippen LogP contribution in [0.25, 0.3) is 0 Å². The van der Waals surface area contributed by atoms with Gasteiger partial charge >= 0.3 is 0 Å². The third-order valence-electron chi connectivity index (χ3n) is 2.74. The second-order valence-electron chi connectivity index (χ2n) is 3.83. The van der Waals surface area contributed by atoms with E-state index < -0.39 is 0 Å². The highest BCUT2D eigenvalue weighted by atomic mass is 15.1. The molecule has 1 unspecified atom stereocenters. The van der Waals surface area contributed by atoms with Crippen LogP contribution in [0.5, 0.6) is 0 Å². The first-order valence-electron chi connectivity index (χ1n) is 5.68. The molecule has 1 aromatic carbocycles. The van der Waals surface area contributed by atoms with E-state index in [9.17, 15) is 0 Å². The van der Waals surface area contributed by atoms with E-state index in [2.05, 4.69) is 47.1 Å². The van der Waals surface area contributed by atoms with Crippen LogP contribution in [0.4, 0.5) is 5.69 Å². The fourth-order valence-electron chi connectivity index (χ4n) is 2.03. The van der Waals surface area contributed by atoms with E-state index in [1.807, 2.05) is 0 Å². The topological polar surface area (TPSA) is 36.1 Å². The minimum absolute atomic E-state index is 0.439. The van der Waals surface area contributed by atoms with Crippen molar-refractivity contribution in [2.45, 2.75) is 13.0 Å². The van der Waals surface area contributed by atoms with Gasteiger partial charge in [-0.2, -0.15) is 0 Å². The van der Waals surface area contributed by atoms with Gasteiger partial charge in [0.05, 0.1) is 0 Å². The molecule has 2 rings (SSSR count). The van der Waals surface area contributed by atoms with Crippen molar-refractivity contribution in [2.75, 3.05) is 31.5 Å². The second kappa shape index (κ2) is 5.14. The molecule has 3 N–H and O–H groups in total. The molecule has 0 spiro atoms. The summed E-state index contributed by atoms with van der Waals surface area (Å²) in [5, 5.41) is 10.3. The van der Waals surface area contributed by atoms with Crippen LogP contribution in [0.3, 0.4) is 0 Å². The van der Waals surface area contributed by atoms with Gasteiger partial charge in [-0.3, -0.25) is 0 Å². The van der Waals surface area contributed by atoms with Crippen LogP contribution >= 0.6 is 0 Å². The number of hydrogen-bond donors (Lipinski definition) is 3. The van der Waals surface area contributed by atoms with Crippen molar-refractivity contribution >= 4 is 5.69 Å². The van der Waals surface area contributed by atoms with E-state index in [1.165, 1.54) is 11.3 Å². The van der Waals surface area contributed by atoms with Gasteiger partial charge in [-0.25, -0.2) is 0 Å². The van der Waals surface area contributed by atoms with Crippen LogP contribution in [0.1, 0.15) is 18.5 Å². The molecule has 1 aliphatic rings. The van der Waals surface area contributed by atoms with Crippen LogP contribution in [0, 0.1) is 0 Å². The Morgan fingerprint density at radius 1 is 1.33 bits per heavy atom. The maximum Gasteiger partial charge on any atom is 0.0467 e. The third kappa shape index (κ3) is 2.49. The molecular formula is C12H19N3. The number of nitrogens with one attached hydrogen (secondary N) is 3. The van der Waals surface area contributed by atoms with Gasteiger partial charge in [-0.15, -0.1) is 0 Å². The summed E-state index contributed by atoms with van der Waals surface area (Å²) < 4.78 is 0. The molecule has 1 aromatic rings. The summed E-state index contributed by atoms with van der Waals surface area (Å²) in [4.78, 5) is 0. The Hall–Kier alpha value is -1.06. The monoisotopic (exact) mass is 205 g/mol. The van der Waals surface area contributed by atoms with Crippen LogP contribution in [-0.2, 0) is 0 Å². The van der Waals surface area contributed by atoms with Gasteiger partial charge in [0.1, 0.15) is 0 Å². The Bertz CT molecular complexity index is 305. The molecule has 15 heavy (non-hydrogen) atoms. The fourth-order valence-corrected chi connectivity index (χ4v) is 2.03. The number of piperazine rings is 1. The fraction of sp³-hybridized carbons (Fsp3) is 0.500. The molecule has 0 aliphatic carbocycles. The molecule has 0 saturated carbocycles. The lowest BCUT2D eigenvalue weighted by atomic mass is 10.0. The lowest BCUT2D eigenvalue weighted by Crippen LogP contribution is -2.42. The molecule has 3 nitrogen and oxygen atoms in total. The number of rotatable bonds is 3. The lowest BCUT2D eigenvalue weighted by molar-refractivity contribution is 0.431. The number of hydrogen-bond acceptors (Lipinski definition) is 3. The smallest absolute Gasteiger partial charge is 0.0467 e. The molecule has 0 aromatic heterocycles. The lowest BCUT2D eigenvalue weighted by Gasteiger charge is -2.26. The average molecular weight is 205 g/mol. The number of para-hydroxylation sites is 1. The molecule has 1 atom stereocenters. The maximum absolute atomic E-state index is 3.53.